The third-order valence-corrected chi connectivity index (χ3v) is 2.51. The summed E-state index contributed by atoms with van der Waals surface area (Å²) in [5, 5.41) is 10.5. The van der Waals surface area contributed by atoms with Crippen LogP contribution in [0.2, 0.25) is 0 Å². The van der Waals surface area contributed by atoms with E-state index < -0.39 is 23.3 Å². The van der Waals surface area contributed by atoms with Crippen LogP contribution in [0.25, 0.3) is 0 Å². The molecule has 1 heterocycles. The summed E-state index contributed by atoms with van der Waals surface area (Å²) in [6.45, 7) is -0.479. The SMILES string of the molecule is O=C(COC(=O)c1cnccn1)c1ccc([N+](=O)[O-])cc1. The minimum atomic E-state index is -0.765. The summed E-state index contributed by atoms with van der Waals surface area (Å²) in [4.78, 5) is 40.7. The summed E-state index contributed by atoms with van der Waals surface area (Å²) >= 11 is 0. The van der Waals surface area contributed by atoms with Gasteiger partial charge in [-0.05, 0) is 12.1 Å². The molecule has 2 aromatic rings. The Balaban J connectivity index is 1.96. The minimum absolute atomic E-state index is 0.00556. The number of Topliss-reactive ketones (excluding diaryl/α,β-unsaturated/α-hetero) is 1. The molecule has 0 spiro atoms. The van der Waals surface area contributed by atoms with Crippen molar-refractivity contribution in [1.29, 1.82) is 0 Å². The Morgan fingerprint density at radius 3 is 2.48 bits per heavy atom. The number of aromatic nitrogens is 2. The van der Waals surface area contributed by atoms with Gasteiger partial charge in [-0.15, -0.1) is 0 Å². The predicted octanol–water partition coefficient (Wildman–Crippen LogP) is 1.42. The third kappa shape index (κ3) is 3.66. The molecule has 8 nitrogen and oxygen atoms in total. The molecule has 0 bridgehead atoms. The number of hydrogen-bond donors (Lipinski definition) is 0. The molecule has 0 fully saturated rings. The zero-order valence-electron chi connectivity index (χ0n) is 10.6. The Labute approximate surface area is 118 Å². The number of non-ortho nitro benzene ring substituents is 1. The zero-order chi connectivity index (χ0) is 15.2. The number of esters is 1. The number of carbonyl (C=O) groups excluding carboxylic acids is 2. The molecule has 0 aliphatic carbocycles. The van der Waals surface area contributed by atoms with Gasteiger partial charge in [0.2, 0.25) is 0 Å². The Hall–Kier alpha value is -3.16. The van der Waals surface area contributed by atoms with E-state index in [4.69, 9.17) is 4.74 Å². The van der Waals surface area contributed by atoms with Gasteiger partial charge >= 0.3 is 5.97 Å². The van der Waals surface area contributed by atoms with Gasteiger partial charge in [0.15, 0.2) is 18.1 Å². The van der Waals surface area contributed by atoms with Gasteiger partial charge in [0, 0.05) is 30.1 Å². The molecule has 1 aromatic heterocycles. The van der Waals surface area contributed by atoms with Crippen LogP contribution in [0.4, 0.5) is 5.69 Å². The van der Waals surface area contributed by atoms with Crippen molar-refractivity contribution in [3.8, 4) is 0 Å². The molecular weight excluding hydrogens is 278 g/mol. The standard InChI is InChI=1S/C13H9N3O5/c17-12(9-1-3-10(4-2-9)16(19)20)8-21-13(18)11-7-14-5-6-15-11/h1-7H,8H2. The van der Waals surface area contributed by atoms with Gasteiger partial charge in [0.05, 0.1) is 11.1 Å². The van der Waals surface area contributed by atoms with Gasteiger partial charge in [-0.2, -0.15) is 0 Å². The molecule has 0 radical (unpaired) electrons. The molecule has 0 unspecified atom stereocenters. The number of ketones is 1. The van der Waals surface area contributed by atoms with E-state index in [-0.39, 0.29) is 16.9 Å². The van der Waals surface area contributed by atoms with E-state index in [0.29, 0.717) is 0 Å². The average Bonchev–Trinajstić information content (AvgIpc) is 2.53. The fraction of sp³-hybridized carbons (Fsp3) is 0.0769. The van der Waals surface area contributed by atoms with Crippen molar-refractivity contribution in [2.45, 2.75) is 0 Å². The van der Waals surface area contributed by atoms with Crippen LogP contribution in [-0.4, -0.2) is 33.3 Å². The van der Waals surface area contributed by atoms with Crippen LogP contribution >= 0.6 is 0 Å². The van der Waals surface area contributed by atoms with Crippen LogP contribution in [0.3, 0.4) is 0 Å². The first-order chi connectivity index (χ1) is 10.1. The number of rotatable bonds is 5. The molecule has 8 heteroatoms. The Kier molecular flexibility index (Phi) is 4.30. The highest BCUT2D eigenvalue weighted by molar-refractivity contribution is 5.99. The van der Waals surface area contributed by atoms with E-state index in [1.54, 1.807) is 0 Å². The largest absolute Gasteiger partial charge is 0.453 e. The molecule has 0 atom stereocenters. The van der Waals surface area contributed by atoms with Crippen molar-refractivity contribution in [2.24, 2.45) is 0 Å². The number of benzene rings is 1. The van der Waals surface area contributed by atoms with Gasteiger partial charge in [-0.3, -0.25) is 19.9 Å². The van der Waals surface area contributed by atoms with Crippen LogP contribution in [-0.2, 0) is 4.74 Å². The predicted molar refractivity (Wildman–Crippen MR) is 69.7 cm³/mol. The highest BCUT2D eigenvalue weighted by Gasteiger charge is 2.14. The lowest BCUT2D eigenvalue weighted by molar-refractivity contribution is -0.384. The van der Waals surface area contributed by atoms with Gasteiger partial charge in [-0.1, -0.05) is 0 Å². The summed E-state index contributed by atoms with van der Waals surface area (Å²) in [5.74, 6) is -1.24. The Morgan fingerprint density at radius 1 is 1.19 bits per heavy atom. The number of nitro groups is 1. The molecule has 0 N–H and O–H groups in total. The van der Waals surface area contributed by atoms with Crippen LogP contribution in [0, 0.1) is 10.1 Å². The van der Waals surface area contributed by atoms with Crippen LogP contribution in [0.15, 0.2) is 42.9 Å². The van der Waals surface area contributed by atoms with Gasteiger partial charge < -0.3 is 4.74 Å². The maximum Gasteiger partial charge on any atom is 0.358 e. The lowest BCUT2D eigenvalue weighted by Gasteiger charge is -2.03. The highest BCUT2D eigenvalue weighted by Crippen LogP contribution is 2.12. The third-order valence-electron chi connectivity index (χ3n) is 2.51. The summed E-state index contributed by atoms with van der Waals surface area (Å²) in [7, 11) is 0. The monoisotopic (exact) mass is 287 g/mol. The fourth-order valence-electron chi connectivity index (χ4n) is 1.46. The molecule has 0 aliphatic rings. The summed E-state index contributed by atoms with van der Waals surface area (Å²) in [6.07, 6.45) is 3.95. The van der Waals surface area contributed by atoms with Crippen molar-refractivity contribution in [3.05, 3.63) is 64.2 Å². The maximum absolute atomic E-state index is 11.8. The summed E-state index contributed by atoms with van der Waals surface area (Å²) in [6, 6.07) is 5.02. The first-order valence-electron chi connectivity index (χ1n) is 5.78. The number of carbonyl (C=O) groups is 2. The number of nitrogens with zero attached hydrogens (tertiary/aromatic N) is 3. The lowest BCUT2D eigenvalue weighted by atomic mass is 10.1. The first kappa shape index (κ1) is 14.3. The van der Waals surface area contributed by atoms with E-state index in [2.05, 4.69) is 9.97 Å². The second-order valence-corrected chi connectivity index (χ2v) is 3.89. The maximum atomic E-state index is 11.8. The number of ether oxygens (including phenoxy) is 1. The van der Waals surface area contributed by atoms with Gasteiger partial charge in [-0.25, -0.2) is 9.78 Å². The van der Waals surface area contributed by atoms with Crippen LogP contribution < -0.4 is 0 Å². The normalized spacial score (nSPS) is 9.90. The summed E-state index contributed by atoms with van der Waals surface area (Å²) < 4.78 is 4.80. The minimum Gasteiger partial charge on any atom is -0.453 e. The molecule has 21 heavy (non-hydrogen) atoms. The second kappa shape index (κ2) is 6.33. The van der Waals surface area contributed by atoms with E-state index in [9.17, 15) is 19.7 Å². The topological polar surface area (TPSA) is 112 Å². The number of nitro benzene ring substituents is 1. The smallest absolute Gasteiger partial charge is 0.358 e. The quantitative estimate of drug-likeness (QED) is 0.353. The second-order valence-electron chi connectivity index (χ2n) is 3.89. The van der Waals surface area contributed by atoms with Crippen molar-refractivity contribution < 1.29 is 19.2 Å². The van der Waals surface area contributed by atoms with E-state index in [0.717, 1.165) is 0 Å². The molecule has 0 amide bonds. The van der Waals surface area contributed by atoms with E-state index in [1.807, 2.05) is 0 Å². The molecule has 2 rings (SSSR count). The van der Waals surface area contributed by atoms with E-state index in [1.165, 1.54) is 42.9 Å². The molecule has 0 aliphatic heterocycles. The Bertz CT molecular complexity index is 670. The van der Waals surface area contributed by atoms with Crippen molar-refractivity contribution >= 4 is 17.4 Å². The Morgan fingerprint density at radius 2 is 1.90 bits per heavy atom. The first-order valence-corrected chi connectivity index (χ1v) is 5.78. The van der Waals surface area contributed by atoms with Crippen LogP contribution in [0.5, 0.6) is 0 Å². The molecule has 0 saturated carbocycles. The van der Waals surface area contributed by atoms with Crippen molar-refractivity contribution in [1.82, 2.24) is 9.97 Å². The molecule has 106 valence electrons. The van der Waals surface area contributed by atoms with Gasteiger partial charge in [0.25, 0.3) is 5.69 Å². The average molecular weight is 287 g/mol. The summed E-state index contributed by atoms with van der Waals surface area (Å²) in [5.41, 5.74) is 0.0876. The van der Waals surface area contributed by atoms with Crippen molar-refractivity contribution in [3.63, 3.8) is 0 Å². The van der Waals surface area contributed by atoms with Crippen LogP contribution in [0.1, 0.15) is 20.8 Å². The van der Waals surface area contributed by atoms with Gasteiger partial charge in [0.1, 0.15) is 0 Å². The highest BCUT2D eigenvalue weighted by atomic mass is 16.6. The molecule has 0 saturated heterocycles. The number of hydrogen-bond acceptors (Lipinski definition) is 7. The molecule has 1 aromatic carbocycles. The molecular formula is C13H9N3O5. The zero-order valence-corrected chi connectivity index (χ0v) is 10.6. The van der Waals surface area contributed by atoms with E-state index >= 15 is 0 Å². The lowest BCUT2D eigenvalue weighted by Crippen LogP contribution is -2.15. The fourth-order valence-corrected chi connectivity index (χ4v) is 1.46. The van der Waals surface area contributed by atoms with Crippen molar-refractivity contribution in [2.75, 3.05) is 6.61 Å².